The fourth-order valence-corrected chi connectivity index (χ4v) is 1.15. The highest BCUT2D eigenvalue weighted by atomic mass is 14.2. The Bertz CT molecular complexity index is 317. The molecule has 1 aromatic rings. The Balaban J connectivity index is 2.41. The average Bonchev–Trinajstić information content (AvgIpc) is 2.19. The van der Waals surface area contributed by atoms with Crippen molar-refractivity contribution < 1.29 is 0 Å². The molecule has 0 unspecified atom stereocenters. The van der Waals surface area contributed by atoms with E-state index in [1.807, 2.05) is 31.2 Å². The van der Waals surface area contributed by atoms with E-state index in [0.29, 0.717) is 0 Å². The molecule has 1 rings (SSSR count). The molecule has 0 radical (unpaired) electrons. The van der Waals surface area contributed by atoms with Crippen LogP contribution in [0.3, 0.4) is 0 Å². The van der Waals surface area contributed by atoms with E-state index in [-0.39, 0.29) is 0 Å². The van der Waals surface area contributed by atoms with Crippen LogP contribution in [0.15, 0.2) is 42.0 Å². The quantitative estimate of drug-likeness (QED) is 0.641. The van der Waals surface area contributed by atoms with Gasteiger partial charge in [-0.1, -0.05) is 36.4 Å². The molecule has 0 saturated heterocycles. The van der Waals surface area contributed by atoms with Crippen LogP contribution in [-0.2, 0) is 6.42 Å². The average molecular weight is 171 g/mol. The lowest BCUT2D eigenvalue weighted by Crippen LogP contribution is -1.82. The molecule has 0 atom stereocenters. The van der Waals surface area contributed by atoms with E-state index < -0.39 is 0 Å². The molecule has 0 bridgehead atoms. The third-order valence-electron chi connectivity index (χ3n) is 1.90. The fourth-order valence-electron chi connectivity index (χ4n) is 1.15. The molecule has 0 aliphatic rings. The van der Waals surface area contributed by atoms with E-state index >= 15 is 0 Å². The van der Waals surface area contributed by atoms with Gasteiger partial charge in [0.25, 0.3) is 0 Å². The maximum Gasteiger partial charge on any atom is 0.0940 e. The van der Waals surface area contributed by atoms with Gasteiger partial charge in [-0.05, 0) is 25.3 Å². The van der Waals surface area contributed by atoms with Crippen LogP contribution >= 0.6 is 0 Å². The van der Waals surface area contributed by atoms with Crippen LogP contribution in [0.4, 0.5) is 0 Å². The Hall–Kier alpha value is -1.55. The Morgan fingerprint density at radius 2 is 2.08 bits per heavy atom. The molecule has 0 amide bonds. The van der Waals surface area contributed by atoms with Crippen molar-refractivity contribution in [1.82, 2.24) is 0 Å². The molecule has 0 fully saturated rings. The van der Waals surface area contributed by atoms with Gasteiger partial charge in [0.2, 0.25) is 0 Å². The first kappa shape index (κ1) is 9.54. The van der Waals surface area contributed by atoms with Gasteiger partial charge in [0.05, 0.1) is 6.07 Å². The molecule has 0 heterocycles. The summed E-state index contributed by atoms with van der Waals surface area (Å²) in [4.78, 5) is 0. The summed E-state index contributed by atoms with van der Waals surface area (Å²) < 4.78 is 0. The molecule has 1 aromatic carbocycles. The number of hydrogen-bond donors (Lipinski definition) is 0. The molecule has 0 aliphatic heterocycles. The lowest BCUT2D eigenvalue weighted by Gasteiger charge is -1.96. The normalized spacial score (nSPS) is 10.9. The zero-order valence-electron chi connectivity index (χ0n) is 7.83. The van der Waals surface area contributed by atoms with Gasteiger partial charge in [-0.15, -0.1) is 0 Å². The van der Waals surface area contributed by atoms with Crippen molar-refractivity contribution >= 4 is 0 Å². The second-order valence-corrected chi connectivity index (χ2v) is 3.02. The summed E-state index contributed by atoms with van der Waals surface area (Å²) in [7, 11) is 0. The van der Waals surface area contributed by atoms with Gasteiger partial charge >= 0.3 is 0 Å². The van der Waals surface area contributed by atoms with Gasteiger partial charge in [0.1, 0.15) is 0 Å². The van der Waals surface area contributed by atoms with Crippen molar-refractivity contribution in [3.63, 3.8) is 0 Å². The smallest absolute Gasteiger partial charge is 0.0940 e. The van der Waals surface area contributed by atoms with Crippen LogP contribution in [0.1, 0.15) is 18.9 Å². The molecule has 0 N–H and O–H groups in total. The third kappa shape index (κ3) is 3.57. The van der Waals surface area contributed by atoms with E-state index in [2.05, 4.69) is 18.2 Å². The van der Waals surface area contributed by atoms with E-state index in [1.165, 1.54) is 5.56 Å². The lowest BCUT2D eigenvalue weighted by molar-refractivity contribution is 0.994. The predicted molar refractivity (Wildman–Crippen MR) is 54.1 cm³/mol. The first-order valence-electron chi connectivity index (χ1n) is 4.43. The van der Waals surface area contributed by atoms with Crippen LogP contribution < -0.4 is 0 Å². The van der Waals surface area contributed by atoms with Gasteiger partial charge in [-0.3, -0.25) is 0 Å². The minimum absolute atomic E-state index is 0.802. The van der Waals surface area contributed by atoms with Gasteiger partial charge in [-0.2, -0.15) is 5.26 Å². The highest BCUT2D eigenvalue weighted by Crippen LogP contribution is 2.04. The molecule has 0 spiro atoms. The van der Waals surface area contributed by atoms with E-state index in [0.717, 1.165) is 18.4 Å². The highest BCUT2D eigenvalue weighted by molar-refractivity contribution is 5.19. The van der Waals surface area contributed by atoms with E-state index in [1.54, 1.807) is 0 Å². The van der Waals surface area contributed by atoms with Crippen LogP contribution in [0.25, 0.3) is 0 Å². The first-order chi connectivity index (χ1) is 6.33. The topological polar surface area (TPSA) is 23.8 Å². The second-order valence-electron chi connectivity index (χ2n) is 3.02. The van der Waals surface area contributed by atoms with Crippen LogP contribution in [0, 0.1) is 11.3 Å². The number of nitriles is 1. The Kier molecular flexibility index (Phi) is 3.78. The second kappa shape index (κ2) is 5.16. The number of rotatable bonds is 3. The molecule has 1 heteroatoms. The molecular formula is C12H13N. The Morgan fingerprint density at radius 1 is 1.38 bits per heavy atom. The third-order valence-corrected chi connectivity index (χ3v) is 1.90. The highest BCUT2D eigenvalue weighted by Gasteiger charge is 1.89. The van der Waals surface area contributed by atoms with Crippen molar-refractivity contribution in [2.75, 3.05) is 0 Å². The van der Waals surface area contributed by atoms with E-state index in [4.69, 9.17) is 5.26 Å². The minimum atomic E-state index is 0.802. The number of nitrogens with zero attached hydrogens (tertiary/aromatic N) is 1. The predicted octanol–water partition coefficient (Wildman–Crippen LogP) is 3.09. The maximum absolute atomic E-state index is 8.51. The Morgan fingerprint density at radius 3 is 2.69 bits per heavy atom. The summed E-state index contributed by atoms with van der Waals surface area (Å²) in [6, 6.07) is 12.4. The SMILES string of the molecule is C/C(C#N)=C\CCc1ccccc1. The molecule has 1 nitrogen and oxygen atoms in total. The number of allylic oxidation sites excluding steroid dienone is 2. The zero-order valence-corrected chi connectivity index (χ0v) is 7.83. The molecule has 0 saturated carbocycles. The van der Waals surface area contributed by atoms with Crippen LogP contribution in [0.5, 0.6) is 0 Å². The van der Waals surface area contributed by atoms with Crippen molar-refractivity contribution in [3.05, 3.63) is 47.5 Å². The fraction of sp³-hybridized carbons (Fsp3) is 0.250. The van der Waals surface area contributed by atoms with Crippen LogP contribution in [-0.4, -0.2) is 0 Å². The van der Waals surface area contributed by atoms with Crippen molar-refractivity contribution in [1.29, 1.82) is 5.26 Å². The van der Waals surface area contributed by atoms with Gasteiger partial charge in [0, 0.05) is 5.57 Å². The van der Waals surface area contributed by atoms with Crippen molar-refractivity contribution in [3.8, 4) is 6.07 Å². The summed E-state index contributed by atoms with van der Waals surface area (Å²) in [6.07, 6.45) is 3.94. The molecule has 0 aliphatic carbocycles. The first-order valence-corrected chi connectivity index (χ1v) is 4.43. The van der Waals surface area contributed by atoms with Gasteiger partial charge in [0.15, 0.2) is 0 Å². The monoisotopic (exact) mass is 171 g/mol. The van der Waals surface area contributed by atoms with Crippen molar-refractivity contribution in [2.45, 2.75) is 19.8 Å². The Labute approximate surface area is 79.3 Å². The standard InChI is InChI=1S/C12H13N/c1-11(10-13)6-5-9-12-7-3-2-4-8-12/h2-4,6-8H,5,9H2,1H3/b11-6+. The minimum Gasteiger partial charge on any atom is -0.193 e. The van der Waals surface area contributed by atoms with Crippen molar-refractivity contribution in [2.24, 2.45) is 0 Å². The van der Waals surface area contributed by atoms with Gasteiger partial charge in [-0.25, -0.2) is 0 Å². The van der Waals surface area contributed by atoms with Gasteiger partial charge < -0.3 is 0 Å². The summed E-state index contributed by atoms with van der Waals surface area (Å²) in [6.45, 7) is 1.84. The summed E-state index contributed by atoms with van der Waals surface area (Å²) >= 11 is 0. The van der Waals surface area contributed by atoms with E-state index in [9.17, 15) is 0 Å². The summed E-state index contributed by atoms with van der Waals surface area (Å²) in [5, 5.41) is 8.51. The summed E-state index contributed by atoms with van der Waals surface area (Å²) in [5.74, 6) is 0. The molecule has 66 valence electrons. The molecule has 13 heavy (non-hydrogen) atoms. The van der Waals surface area contributed by atoms with Crippen LogP contribution in [0.2, 0.25) is 0 Å². The molecule has 0 aromatic heterocycles. The summed E-state index contributed by atoms with van der Waals surface area (Å²) in [5.41, 5.74) is 2.13. The molecular weight excluding hydrogens is 158 g/mol. The number of benzene rings is 1. The maximum atomic E-state index is 8.51. The lowest BCUT2D eigenvalue weighted by atomic mass is 10.1. The number of aryl methyl sites for hydroxylation is 1. The number of hydrogen-bond acceptors (Lipinski definition) is 1. The zero-order chi connectivity index (χ0) is 9.52. The largest absolute Gasteiger partial charge is 0.193 e.